The van der Waals surface area contributed by atoms with E-state index in [1.54, 1.807) is 87.5 Å². The highest BCUT2D eigenvalue weighted by Crippen LogP contribution is 2.26. The van der Waals surface area contributed by atoms with E-state index in [2.05, 4.69) is 10.6 Å². The standard InChI is InChI=1S/C30H32N2O8/c1-30(2,3)40-29(37)31-23(19-38-28(36)32-24(26(33)34)20-13-7-4-8-14-20)27(35)39-25(21-15-9-5-10-16-21)22-17-11-6-12-18-22/h4-18,23-25H,19H2,1-3H3,(H,31,37)(H,32,36)(H,33,34)/t23?,24-/m1/s1. The highest BCUT2D eigenvalue weighted by molar-refractivity contribution is 5.83. The number of aliphatic carboxylic acids is 1. The van der Waals surface area contributed by atoms with Crippen molar-refractivity contribution in [2.75, 3.05) is 6.61 Å². The molecular formula is C30H32N2O8. The molecule has 3 rings (SSSR count). The van der Waals surface area contributed by atoms with Gasteiger partial charge in [-0.3, -0.25) is 0 Å². The molecule has 3 aromatic carbocycles. The van der Waals surface area contributed by atoms with Gasteiger partial charge in [0.1, 0.15) is 12.2 Å². The molecule has 10 heteroatoms. The van der Waals surface area contributed by atoms with Gasteiger partial charge < -0.3 is 30.0 Å². The van der Waals surface area contributed by atoms with Crippen LogP contribution in [0.5, 0.6) is 0 Å². The van der Waals surface area contributed by atoms with Gasteiger partial charge in [-0.25, -0.2) is 19.2 Å². The van der Waals surface area contributed by atoms with Crippen molar-refractivity contribution >= 4 is 24.1 Å². The Morgan fingerprint density at radius 1 is 0.725 bits per heavy atom. The molecule has 0 heterocycles. The first kappa shape index (κ1) is 29.7. The van der Waals surface area contributed by atoms with E-state index in [9.17, 15) is 24.3 Å². The molecule has 0 saturated heterocycles. The van der Waals surface area contributed by atoms with Gasteiger partial charge in [0.15, 0.2) is 18.2 Å². The lowest BCUT2D eigenvalue weighted by Crippen LogP contribution is -2.48. The molecule has 0 aliphatic rings. The zero-order chi connectivity index (χ0) is 29.1. The molecule has 2 amide bonds. The Kier molecular flexibility index (Phi) is 10.2. The Balaban J connectivity index is 1.78. The first-order valence-electron chi connectivity index (χ1n) is 12.5. The van der Waals surface area contributed by atoms with Crippen molar-refractivity contribution in [3.8, 4) is 0 Å². The molecule has 10 nitrogen and oxygen atoms in total. The monoisotopic (exact) mass is 548 g/mol. The van der Waals surface area contributed by atoms with Crippen LogP contribution in [0.25, 0.3) is 0 Å². The van der Waals surface area contributed by atoms with Crippen molar-refractivity contribution in [1.82, 2.24) is 10.6 Å². The van der Waals surface area contributed by atoms with E-state index < -0.39 is 54.5 Å². The van der Waals surface area contributed by atoms with E-state index in [4.69, 9.17) is 14.2 Å². The molecule has 3 N–H and O–H groups in total. The largest absolute Gasteiger partial charge is 0.479 e. The van der Waals surface area contributed by atoms with E-state index in [0.29, 0.717) is 16.7 Å². The van der Waals surface area contributed by atoms with Crippen molar-refractivity contribution in [1.29, 1.82) is 0 Å². The molecule has 0 aromatic heterocycles. The number of nitrogens with one attached hydrogen (secondary N) is 2. The molecular weight excluding hydrogens is 516 g/mol. The maximum atomic E-state index is 13.4. The van der Waals surface area contributed by atoms with Crippen molar-refractivity contribution < 1.29 is 38.5 Å². The van der Waals surface area contributed by atoms with E-state index in [-0.39, 0.29) is 0 Å². The SMILES string of the molecule is CC(C)(C)OC(=O)NC(COC(=O)N[C@@H](C(=O)O)c1ccccc1)C(=O)OC(c1ccccc1)c1ccccc1. The minimum atomic E-state index is -1.46. The van der Waals surface area contributed by atoms with Gasteiger partial charge in [0, 0.05) is 0 Å². The maximum absolute atomic E-state index is 13.4. The third-order valence-corrected chi connectivity index (χ3v) is 5.44. The fourth-order valence-corrected chi connectivity index (χ4v) is 3.65. The summed E-state index contributed by atoms with van der Waals surface area (Å²) in [4.78, 5) is 50.2. The number of hydrogen-bond donors (Lipinski definition) is 3. The summed E-state index contributed by atoms with van der Waals surface area (Å²) >= 11 is 0. The van der Waals surface area contributed by atoms with Crippen LogP contribution in [0.2, 0.25) is 0 Å². The minimum Gasteiger partial charge on any atom is -0.479 e. The Hall–Kier alpha value is -4.86. The molecule has 1 unspecified atom stereocenters. The number of carboxylic acid groups (broad SMARTS) is 1. The van der Waals surface area contributed by atoms with Gasteiger partial charge in [-0.05, 0) is 37.5 Å². The number of alkyl carbamates (subject to hydrolysis) is 2. The molecule has 40 heavy (non-hydrogen) atoms. The predicted molar refractivity (Wildman–Crippen MR) is 145 cm³/mol. The average molecular weight is 549 g/mol. The second-order valence-corrected chi connectivity index (χ2v) is 9.76. The lowest BCUT2D eigenvalue weighted by molar-refractivity contribution is -0.151. The van der Waals surface area contributed by atoms with Gasteiger partial charge in [-0.15, -0.1) is 0 Å². The van der Waals surface area contributed by atoms with Crippen LogP contribution in [0.15, 0.2) is 91.0 Å². The minimum absolute atomic E-state index is 0.323. The van der Waals surface area contributed by atoms with Crippen LogP contribution in [-0.2, 0) is 23.8 Å². The molecule has 2 atom stereocenters. The maximum Gasteiger partial charge on any atom is 0.408 e. The number of benzene rings is 3. The van der Waals surface area contributed by atoms with E-state index in [0.717, 1.165) is 0 Å². The first-order valence-corrected chi connectivity index (χ1v) is 12.5. The normalized spacial score (nSPS) is 12.5. The van der Waals surface area contributed by atoms with Crippen molar-refractivity contribution in [2.24, 2.45) is 0 Å². The lowest BCUT2D eigenvalue weighted by Gasteiger charge is -2.25. The molecule has 0 aliphatic heterocycles. The number of carboxylic acids is 1. The van der Waals surface area contributed by atoms with Gasteiger partial charge in [0.2, 0.25) is 0 Å². The fourth-order valence-electron chi connectivity index (χ4n) is 3.65. The van der Waals surface area contributed by atoms with Gasteiger partial charge in [-0.1, -0.05) is 91.0 Å². The highest BCUT2D eigenvalue weighted by atomic mass is 16.6. The zero-order valence-corrected chi connectivity index (χ0v) is 22.4. The van der Waals surface area contributed by atoms with Gasteiger partial charge in [0.25, 0.3) is 0 Å². The quantitative estimate of drug-likeness (QED) is 0.243. The summed E-state index contributed by atoms with van der Waals surface area (Å²) in [7, 11) is 0. The molecule has 0 saturated carbocycles. The van der Waals surface area contributed by atoms with E-state index in [1.165, 1.54) is 12.1 Å². The third-order valence-electron chi connectivity index (χ3n) is 5.44. The predicted octanol–water partition coefficient (Wildman–Crippen LogP) is 4.76. The Morgan fingerprint density at radius 3 is 1.65 bits per heavy atom. The number of amides is 2. The zero-order valence-electron chi connectivity index (χ0n) is 22.4. The first-order chi connectivity index (χ1) is 19.0. The topological polar surface area (TPSA) is 140 Å². The number of ether oxygens (including phenoxy) is 3. The second kappa shape index (κ2) is 13.8. The van der Waals surface area contributed by atoms with Crippen LogP contribution in [0.1, 0.15) is 49.6 Å². The number of esters is 1. The Morgan fingerprint density at radius 2 is 1.20 bits per heavy atom. The molecule has 0 aliphatic carbocycles. The molecule has 0 spiro atoms. The number of hydrogen-bond acceptors (Lipinski definition) is 7. The van der Waals surface area contributed by atoms with Gasteiger partial charge >= 0.3 is 24.1 Å². The smallest absolute Gasteiger partial charge is 0.408 e. The van der Waals surface area contributed by atoms with E-state index in [1.807, 2.05) is 12.1 Å². The van der Waals surface area contributed by atoms with E-state index >= 15 is 0 Å². The number of rotatable bonds is 10. The molecule has 0 fully saturated rings. The Bertz CT molecular complexity index is 1240. The summed E-state index contributed by atoms with van der Waals surface area (Å²) < 4.78 is 16.3. The average Bonchev–Trinajstić information content (AvgIpc) is 2.92. The number of carbonyl (C=O) groups is 4. The third kappa shape index (κ3) is 9.16. The van der Waals surface area contributed by atoms with Crippen molar-refractivity contribution in [3.63, 3.8) is 0 Å². The summed E-state index contributed by atoms with van der Waals surface area (Å²) in [5.74, 6) is -2.20. The van der Waals surface area contributed by atoms with Crippen LogP contribution in [0, 0.1) is 0 Å². The summed E-state index contributed by atoms with van der Waals surface area (Å²) in [6, 6.07) is 23.2. The molecule has 0 radical (unpaired) electrons. The van der Waals surface area contributed by atoms with Crippen LogP contribution >= 0.6 is 0 Å². The van der Waals surface area contributed by atoms with Crippen LogP contribution in [0.3, 0.4) is 0 Å². The molecule has 3 aromatic rings. The highest BCUT2D eigenvalue weighted by Gasteiger charge is 2.31. The number of carbonyl (C=O) groups excluding carboxylic acids is 3. The van der Waals surface area contributed by atoms with Crippen LogP contribution in [0.4, 0.5) is 9.59 Å². The van der Waals surface area contributed by atoms with Crippen LogP contribution in [-0.4, -0.2) is 47.5 Å². The Labute approximate surface area is 232 Å². The van der Waals surface area contributed by atoms with Gasteiger partial charge in [-0.2, -0.15) is 0 Å². The summed E-state index contributed by atoms with van der Waals surface area (Å²) in [5.41, 5.74) is 0.828. The van der Waals surface area contributed by atoms with Crippen LogP contribution < -0.4 is 10.6 Å². The second-order valence-electron chi connectivity index (χ2n) is 9.76. The summed E-state index contributed by atoms with van der Waals surface area (Å²) in [5, 5.41) is 14.2. The molecule has 210 valence electrons. The molecule has 0 bridgehead atoms. The lowest BCUT2D eigenvalue weighted by atomic mass is 10.0. The summed E-state index contributed by atoms with van der Waals surface area (Å²) in [6.07, 6.45) is -2.86. The fraction of sp³-hybridized carbons (Fsp3) is 0.267. The van der Waals surface area contributed by atoms with Gasteiger partial charge in [0.05, 0.1) is 0 Å². The summed E-state index contributed by atoms with van der Waals surface area (Å²) in [6.45, 7) is 4.31. The van der Waals surface area contributed by atoms with Crippen molar-refractivity contribution in [3.05, 3.63) is 108 Å². The van der Waals surface area contributed by atoms with Crippen molar-refractivity contribution in [2.45, 2.75) is 44.6 Å².